The molecule has 5 rings (SSSR count). The molecule has 0 saturated carbocycles. The van der Waals surface area contributed by atoms with Crippen LogP contribution in [0, 0.1) is 5.92 Å². The Morgan fingerprint density at radius 2 is 1.93 bits per heavy atom. The Hall–Kier alpha value is -3.93. The van der Waals surface area contributed by atoms with Gasteiger partial charge in [-0.05, 0) is 43.9 Å². The van der Waals surface area contributed by atoms with Crippen LogP contribution in [0.3, 0.4) is 0 Å². The highest BCUT2D eigenvalue weighted by Crippen LogP contribution is 2.39. The van der Waals surface area contributed by atoms with Crippen LogP contribution in [0.5, 0.6) is 0 Å². The molecule has 3 aliphatic rings. The number of nitrogens with one attached hydrogen (secondary N) is 4. The van der Waals surface area contributed by atoms with Crippen molar-refractivity contribution in [1.29, 1.82) is 0 Å². The number of hydrogen-bond acceptors (Lipinski definition) is 4. The fourth-order valence-electron chi connectivity index (χ4n) is 5.43. The van der Waals surface area contributed by atoms with Gasteiger partial charge >= 0.3 is 12.1 Å². The number of halogens is 3. The molecule has 1 aliphatic carbocycles. The largest absolute Gasteiger partial charge is 0.465 e. The van der Waals surface area contributed by atoms with Gasteiger partial charge in [-0.1, -0.05) is 38.8 Å². The molecule has 0 radical (unpaired) electrons. The van der Waals surface area contributed by atoms with Crippen molar-refractivity contribution in [3.63, 3.8) is 0 Å². The first-order valence-electron chi connectivity index (χ1n) is 14.1. The normalized spacial score (nSPS) is 23.0. The number of carbonyl (C=O) groups is 3. The van der Waals surface area contributed by atoms with Gasteiger partial charge in [0, 0.05) is 35.7 Å². The first-order chi connectivity index (χ1) is 20.1. The monoisotopic (exact) mass is 604 g/mol. The number of fused-ring (bicyclic) bond motifs is 4. The van der Waals surface area contributed by atoms with Gasteiger partial charge in [-0.15, -0.1) is 0 Å². The molecular weight excluding hydrogens is 570 g/mol. The summed E-state index contributed by atoms with van der Waals surface area (Å²) in [6, 6.07) is 2.99. The average molecular weight is 605 g/mol. The van der Waals surface area contributed by atoms with Crippen molar-refractivity contribution < 1.29 is 28.3 Å². The number of imidazole rings is 1. The highest BCUT2D eigenvalue weighted by molar-refractivity contribution is 6.30. The first kappa shape index (κ1) is 31.0. The summed E-state index contributed by atoms with van der Waals surface area (Å²) in [7, 11) is 0. The van der Waals surface area contributed by atoms with Crippen molar-refractivity contribution in [2.75, 3.05) is 17.2 Å². The Labute approximate surface area is 247 Å². The molecule has 4 amide bonds. The van der Waals surface area contributed by atoms with Crippen LogP contribution in [0.25, 0.3) is 11.3 Å². The molecular formula is C29H35ClF2N6O4. The van der Waals surface area contributed by atoms with E-state index in [-0.39, 0.29) is 48.2 Å². The van der Waals surface area contributed by atoms with Gasteiger partial charge in [0.15, 0.2) is 0 Å². The van der Waals surface area contributed by atoms with Gasteiger partial charge < -0.3 is 25.6 Å². The van der Waals surface area contributed by atoms with Gasteiger partial charge in [-0.2, -0.15) is 0 Å². The second kappa shape index (κ2) is 13.4. The van der Waals surface area contributed by atoms with E-state index in [2.05, 4.69) is 25.9 Å². The number of carbonyl (C=O) groups excluding carboxylic acids is 2. The minimum absolute atomic E-state index is 0.00340. The maximum absolute atomic E-state index is 14.7. The predicted molar refractivity (Wildman–Crippen MR) is 156 cm³/mol. The van der Waals surface area contributed by atoms with Gasteiger partial charge in [0.2, 0.25) is 5.91 Å². The van der Waals surface area contributed by atoms with Crippen LogP contribution in [0.15, 0.2) is 46.7 Å². The van der Waals surface area contributed by atoms with E-state index < -0.39 is 35.9 Å². The van der Waals surface area contributed by atoms with Gasteiger partial charge in [0.25, 0.3) is 0 Å². The maximum atomic E-state index is 14.7. The summed E-state index contributed by atoms with van der Waals surface area (Å²) in [6.45, 7) is 6.03. The number of H-pyrrole nitrogens is 1. The number of rotatable bonds is 3. The van der Waals surface area contributed by atoms with Gasteiger partial charge in [0.05, 0.1) is 34.7 Å². The second-order valence-electron chi connectivity index (χ2n) is 10.2. The molecule has 2 aliphatic heterocycles. The Morgan fingerprint density at radius 3 is 2.64 bits per heavy atom. The number of anilines is 2. The van der Waals surface area contributed by atoms with Gasteiger partial charge in [-0.25, -0.2) is 23.4 Å². The lowest BCUT2D eigenvalue weighted by Crippen LogP contribution is -2.53. The average Bonchev–Trinajstić information content (AvgIpc) is 3.44. The zero-order valence-electron chi connectivity index (χ0n) is 23.7. The van der Waals surface area contributed by atoms with Crippen LogP contribution < -0.4 is 16.0 Å². The van der Waals surface area contributed by atoms with Crippen LogP contribution in [0.1, 0.15) is 71.2 Å². The summed E-state index contributed by atoms with van der Waals surface area (Å²) in [6.07, 6.45) is 2.36. The van der Waals surface area contributed by atoms with Crippen molar-refractivity contribution >= 4 is 41.0 Å². The van der Waals surface area contributed by atoms with Crippen molar-refractivity contribution in [1.82, 2.24) is 20.2 Å². The zero-order valence-corrected chi connectivity index (χ0v) is 24.4. The Kier molecular flexibility index (Phi) is 9.87. The standard InChI is InChI=1S/C27H29ClF2N6O4.C2H6/c1-13-3-2-4-21(36-10-9-18(35-26(36)38)22-17(29)8-7-16(28)23(22)30)24-31-12-20(33-24)15-6-5-14(32-27(39)40)11-19(15)34-25(13)37;1-2/h5-6,11-13,18,21,32H,2-4,7-10H2,1H3,(H,31,33)(H,34,37)(H,35,38)(H,39,40);1-2H3. The highest BCUT2D eigenvalue weighted by Gasteiger charge is 2.37. The van der Waals surface area contributed by atoms with E-state index in [1.807, 2.05) is 13.8 Å². The molecule has 1 aromatic heterocycles. The fourth-order valence-corrected chi connectivity index (χ4v) is 5.63. The lowest BCUT2D eigenvalue weighted by Gasteiger charge is -2.38. The molecule has 3 atom stereocenters. The number of aromatic amines is 1. The fraction of sp³-hybridized carbons (Fsp3) is 0.448. The molecule has 1 saturated heterocycles. The minimum atomic E-state index is -1.23. The summed E-state index contributed by atoms with van der Waals surface area (Å²) in [5.74, 6) is -1.46. The topological polar surface area (TPSA) is 139 Å². The van der Waals surface area contributed by atoms with Crippen molar-refractivity contribution in [2.24, 2.45) is 5.92 Å². The molecule has 2 aromatic rings. The van der Waals surface area contributed by atoms with Crippen LogP contribution in [-0.2, 0) is 4.79 Å². The number of urea groups is 1. The molecule has 1 aromatic carbocycles. The summed E-state index contributed by atoms with van der Waals surface area (Å²) < 4.78 is 29.3. The molecule has 3 unspecified atom stereocenters. The summed E-state index contributed by atoms with van der Waals surface area (Å²) >= 11 is 5.94. The first-order valence-corrected chi connectivity index (χ1v) is 14.5. The molecule has 226 valence electrons. The van der Waals surface area contributed by atoms with Crippen LogP contribution >= 0.6 is 11.6 Å². The van der Waals surface area contributed by atoms with E-state index in [9.17, 15) is 23.2 Å². The highest BCUT2D eigenvalue weighted by atomic mass is 35.5. The third-order valence-electron chi connectivity index (χ3n) is 7.57. The third kappa shape index (κ3) is 6.59. The number of aromatic nitrogens is 2. The van der Waals surface area contributed by atoms with Gasteiger partial charge in [0.1, 0.15) is 17.5 Å². The van der Waals surface area contributed by atoms with Crippen LogP contribution in [0.4, 0.5) is 29.7 Å². The predicted octanol–water partition coefficient (Wildman–Crippen LogP) is 7.21. The molecule has 5 N–H and O–H groups in total. The zero-order chi connectivity index (χ0) is 30.6. The molecule has 13 heteroatoms. The molecule has 10 nitrogen and oxygen atoms in total. The quantitative estimate of drug-likeness (QED) is 0.252. The number of carboxylic acid groups (broad SMARTS) is 1. The summed E-state index contributed by atoms with van der Waals surface area (Å²) in [5, 5.41) is 17.0. The summed E-state index contributed by atoms with van der Waals surface area (Å²) in [4.78, 5) is 46.8. The molecule has 3 heterocycles. The van der Waals surface area contributed by atoms with E-state index in [1.54, 1.807) is 30.2 Å². The van der Waals surface area contributed by atoms with Gasteiger partial charge in [-0.3, -0.25) is 10.1 Å². The lowest BCUT2D eigenvalue weighted by molar-refractivity contribution is -0.119. The number of nitrogens with zero attached hydrogens (tertiary/aromatic N) is 2. The number of benzene rings is 1. The minimum Gasteiger partial charge on any atom is -0.465 e. The van der Waals surface area contributed by atoms with E-state index in [1.165, 1.54) is 6.07 Å². The van der Waals surface area contributed by atoms with E-state index >= 15 is 0 Å². The number of amides is 4. The van der Waals surface area contributed by atoms with Crippen molar-refractivity contribution in [2.45, 2.75) is 71.4 Å². The van der Waals surface area contributed by atoms with E-state index in [0.717, 1.165) is 0 Å². The van der Waals surface area contributed by atoms with Crippen LogP contribution in [0.2, 0.25) is 0 Å². The second-order valence-corrected chi connectivity index (χ2v) is 10.7. The van der Waals surface area contributed by atoms with E-state index in [4.69, 9.17) is 16.7 Å². The Bertz CT molecular complexity index is 1420. The Balaban J connectivity index is 0.00000198. The molecule has 2 bridgehead atoms. The molecule has 0 spiro atoms. The smallest absolute Gasteiger partial charge is 0.409 e. The maximum Gasteiger partial charge on any atom is 0.409 e. The number of hydrogen-bond donors (Lipinski definition) is 5. The SMILES string of the molecule is CC.CC1CCCC(N2CCC(C3=C(F)CCC(Cl)=C3F)NC2=O)c2ncc([nH]2)-c2ccc(NC(=O)O)cc2NC1=O. The summed E-state index contributed by atoms with van der Waals surface area (Å²) in [5.41, 5.74) is 1.68. The number of allylic oxidation sites excluding steroid dienone is 2. The Morgan fingerprint density at radius 1 is 1.17 bits per heavy atom. The van der Waals surface area contributed by atoms with Crippen LogP contribution in [-0.4, -0.2) is 50.6 Å². The lowest BCUT2D eigenvalue weighted by atomic mass is 9.93. The molecule has 42 heavy (non-hydrogen) atoms. The van der Waals surface area contributed by atoms with Crippen molar-refractivity contribution in [3.05, 3.63) is 52.5 Å². The molecule has 1 fully saturated rings. The van der Waals surface area contributed by atoms with Crippen molar-refractivity contribution in [3.8, 4) is 11.3 Å². The third-order valence-corrected chi connectivity index (χ3v) is 7.92. The van der Waals surface area contributed by atoms with E-state index in [0.29, 0.717) is 47.7 Å².